The van der Waals surface area contributed by atoms with Gasteiger partial charge in [-0.25, -0.2) is 0 Å². The molecule has 0 saturated heterocycles. The molecule has 2 rings (SSSR count). The number of rotatable bonds is 5. The fourth-order valence-corrected chi connectivity index (χ4v) is 2.11. The van der Waals surface area contributed by atoms with Crippen molar-refractivity contribution in [3.8, 4) is 5.75 Å². The van der Waals surface area contributed by atoms with E-state index in [0.717, 1.165) is 17.4 Å². The van der Waals surface area contributed by atoms with Crippen LogP contribution in [0.5, 0.6) is 5.75 Å². The van der Waals surface area contributed by atoms with Crippen LogP contribution in [0.4, 0.5) is 0 Å². The fraction of sp³-hybridized carbons (Fsp3) is 0.278. The van der Waals surface area contributed by atoms with E-state index in [-0.39, 0.29) is 11.9 Å². The van der Waals surface area contributed by atoms with Gasteiger partial charge < -0.3 is 9.47 Å². The third kappa shape index (κ3) is 4.39. The Morgan fingerprint density at radius 1 is 1.22 bits per heavy atom. The zero-order valence-corrected chi connectivity index (χ0v) is 13.2. The lowest BCUT2D eigenvalue weighted by molar-refractivity contribution is -0.151. The van der Waals surface area contributed by atoms with Crippen LogP contribution in [-0.4, -0.2) is 23.6 Å². The Morgan fingerprint density at radius 3 is 2.43 bits per heavy atom. The van der Waals surface area contributed by atoms with Gasteiger partial charge in [0.1, 0.15) is 11.5 Å². The molecule has 0 fully saturated rings. The predicted molar refractivity (Wildman–Crippen MR) is 84.6 cm³/mol. The standard InChI is InChI=1S/C18H18O5/c1-11(2)22-14-7-4-13(5-8-14)6-9-15(19)17-16(20)10-12(3)23-18(17)21/h4-11,17H,1-3H3/b9-6+. The van der Waals surface area contributed by atoms with Crippen molar-refractivity contribution in [2.45, 2.75) is 26.9 Å². The largest absolute Gasteiger partial charge is 0.491 e. The summed E-state index contributed by atoms with van der Waals surface area (Å²) in [6, 6.07) is 7.14. The second kappa shape index (κ2) is 7.05. The molecule has 0 bridgehead atoms. The summed E-state index contributed by atoms with van der Waals surface area (Å²) in [6.45, 7) is 5.36. The highest BCUT2D eigenvalue weighted by molar-refractivity contribution is 6.25. The number of ether oxygens (including phenoxy) is 2. The first-order valence-corrected chi connectivity index (χ1v) is 7.29. The van der Waals surface area contributed by atoms with Gasteiger partial charge in [0.2, 0.25) is 0 Å². The predicted octanol–water partition coefficient (Wildman–Crippen LogP) is 2.70. The van der Waals surface area contributed by atoms with Crippen LogP contribution in [0.2, 0.25) is 0 Å². The summed E-state index contributed by atoms with van der Waals surface area (Å²) in [5, 5.41) is 0. The lowest BCUT2D eigenvalue weighted by Crippen LogP contribution is -2.34. The van der Waals surface area contributed by atoms with E-state index >= 15 is 0 Å². The van der Waals surface area contributed by atoms with Gasteiger partial charge in [-0.1, -0.05) is 18.2 Å². The van der Waals surface area contributed by atoms with Gasteiger partial charge in [0.05, 0.1) is 6.10 Å². The quantitative estimate of drug-likeness (QED) is 0.475. The number of cyclic esters (lactones) is 1. The Kier molecular flexibility index (Phi) is 5.11. The van der Waals surface area contributed by atoms with Crippen molar-refractivity contribution in [2.24, 2.45) is 5.92 Å². The molecule has 0 aliphatic carbocycles. The molecule has 1 aromatic carbocycles. The Bertz CT molecular complexity index is 680. The van der Waals surface area contributed by atoms with Gasteiger partial charge in [-0.05, 0) is 44.5 Å². The van der Waals surface area contributed by atoms with E-state index in [1.807, 2.05) is 13.8 Å². The first-order valence-electron chi connectivity index (χ1n) is 7.29. The number of carbonyl (C=O) groups excluding carboxylic acids is 3. The lowest BCUT2D eigenvalue weighted by atomic mass is 9.96. The van der Waals surface area contributed by atoms with Crippen LogP contribution in [0.3, 0.4) is 0 Å². The molecular weight excluding hydrogens is 296 g/mol. The van der Waals surface area contributed by atoms with Gasteiger partial charge in [-0.15, -0.1) is 0 Å². The van der Waals surface area contributed by atoms with Crippen molar-refractivity contribution in [1.82, 2.24) is 0 Å². The third-order valence-electron chi connectivity index (χ3n) is 3.10. The molecule has 1 aromatic rings. The van der Waals surface area contributed by atoms with Crippen LogP contribution in [0.15, 0.2) is 42.2 Å². The molecule has 1 atom stereocenters. The highest BCUT2D eigenvalue weighted by Crippen LogP contribution is 2.18. The van der Waals surface area contributed by atoms with Crippen LogP contribution in [0.1, 0.15) is 26.3 Å². The SMILES string of the molecule is CC1=CC(=O)C(C(=O)/C=C/c2ccc(OC(C)C)cc2)C(=O)O1. The maximum atomic E-state index is 12.0. The van der Waals surface area contributed by atoms with Gasteiger partial charge in [0.25, 0.3) is 0 Å². The molecule has 0 saturated carbocycles. The van der Waals surface area contributed by atoms with Crippen molar-refractivity contribution in [3.63, 3.8) is 0 Å². The third-order valence-corrected chi connectivity index (χ3v) is 3.10. The molecule has 1 aliphatic rings. The summed E-state index contributed by atoms with van der Waals surface area (Å²) in [5.74, 6) is -2.44. The van der Waals surface area contributed by atoms with Gasteiger partial charge >= 0.3 is 5.97 Å². The molecule has 0 amide bonds. The summed E-state index contributed by atoms with van der Waals surface area (Å²) >= 11 is 0. The van der Waals surface area contributed by atoms with Crippen LogP contribution in [-0.2, 0) is 19.1 Å². The molecule has 0 aromatic heterocycles. The second-order valence-corrected chi connectivity index (χ2v) is 5.48. The number of hydrogen-bond donors (Lipinski definition) is 0. The molecule has 1 aliphatic heterocycles. The van der Waals surface area contributed by atoms with Crippen LogP contribution in [0.25, 0.3) is 6.08 Å². The minimum atomic E-state index is -1.40. The number of benzene rings is 1. The van der Waals surface area contributed by atoms with E-state index in [2.05, 4.69) is 0 Å². The summed E-state index contributed by atoms with van der Waals surface area (Å²) in [4.78, 5) is 35.5. The summed E-state index contributed by atoms with van der Waals surface area (Å²) < 4.78 is 10.3. The molecule has 1 unspecified atom stereocenters. The Morgan fingerprint density at radius 2 is 1.87 bits per heavy atom. The number of ketones is 2. The van der Waals surface area contributed by atoms with E-state index in [4.69, 9.17) is 9.47 Å². The smallest absolute Gasteiger partial charge is 0.329 e. The van der Waals surface area contributed by atoms with E-state index in [0.29, 0.717) is 0 Å². The number of esters is 1. The van der Waals surface area contributed by atoms with Crippen LogP contribution >= 0.6 is 0 Å². The molecule has 23 heavy (non-hydrogen) atoms. The molecule has 1 heterocycles. The van der Waals surface area contributed by atoms with Crippen LogP contribution in [0, 0.1) is 5.92 Å². The summed E-state index contributed by atoms with van der Waals surface area (Å²) in [7, 11) is 0. The molecule has 0 N–H and O–H groups in total. The van der Waals surface area contributed by atoms with E-state index in [1.54, 1.807) is 30.3 Å². The van der Waals surface area contributed by atoms with Crippen molar-refractivity contribution >= 4 is 23.6 Å². The number of hydrogen-bond acceptors (Lipinski definition) is 5. The van der Waals surface area contributed by atoms with Gasteiger partial charge in [-0.3, -0.25) is 14.4 Å². The topological polar surface area (TPSA) is 69.7 Å². The van der Waals surface area contributed by atoms with Crippen LogP contribution < -0.4 is 4.74 Å². The number of allylic oxidation sites excluding steroid dienone is 3. The van der Waals surface area contributed by atoms with Crippen molar-refractivity contribution in [3.05, 3.63) is 47.7 Å². The van der Waals surface area contributed by atoms with Gasteiger partial charge in [0, 0.05) is 6.08 Å². The monoisotopic (exact) mass is 314 g/mol. The van der Waals surface area contributed by atoms with Crippen molar-refractivity contribution in [1.29, 1.82) is 0 Å². The maximum Gasteiger partial charge on any atom is 0.329 e. The molecule has 5 heteroatoms. The maximum absolute atomic E-state index is 12.0. The highest BCUT2D eigenvalue weighted by Gasteiger charge is 2.36. The summed E-state index contributed by atoms with van der Waals surface area (Å²) in [5.41, 5.74) is 0.762. The first-order chi connectivity index (χ1) is 10.9. The molecule has 0 radical (unpaired) electrons. The van der Waals surface area contributed by atoms with Gasteiger partial charge in [-0.2, -0.15) is 0 Å². The summed E-state index contributed by atoms with van der Waals surface area (Å²) in [6.07, 6.45) is 4.01. The normalized spacial score (nSPS) is 18.1. The first kappa shape index (κ1) is 16.7. The zero-order chi connectivity index (χ0) is 17.0. The van der Waals surface area contributed by atoms with E-state index < -0.39 is 23.5 Å². The van der Waals surface area contributed by atoms with Gasteiger partial charge in [0.15, 0.2) is 17.5 Å². The Balaban J connectivity index is 2.06. The molecule has 5 nitrogen and oxygen atoms in total. The average Bonchev–Trinajstić information content (AvgIpc) is 2.45. The lowest BCUT2D eigenvalue weighted by Gasteiger charge is -2.15. The van der Waals surface area contributed by atoms with Crippen molar-refractivity contribution < 1.29 is 23.9 Å². The highest BCUT2D eigenvalue weighted by atomic mass is 16.5. The Labute approximate surface area is 134 Å². The Hall–Kier alpha value is -2.69. The minimum Gasteiger partial charge on any atom is -0.491 e. The molecule has 0 spiro atoms. The fourth-order valence-electron chi connectivity index (χ4n) is 2.11. The molecule has 120 valence electrons. The van der Waals surface area contributed by atoms with E-state index in [9.17, 15) is 14.4 Å². The number of carbonyl (C=O) groups is 3. The average molecular weight is 314 g/mol. The van der Waals surface area contributed by atoms with E-state index in [1.165, 1.54) is 13.0 Å². The van der Waals surface area contributed by atoms with Crippen molar-refractivity contribution in [2.75, 3.05) is 0 Å². The minimum absolute atomic E-state index is 0.0813. The molecular formula is C18H18O5. The second-order valence-electron chi connectivity index (χ2n) is 5.48. The zero-order valence-electron chi connectivity index (χ0n) is 13.2.